The van der Waals surface area contributed by atoms with Crippen LogP contribution < -0.4 is 9.62 Å². The largest absolute Gasteiger partial charge is 0.354 e. The van der Waals surface area contributed by atoms with Crippen molar-refractivity contribution >= 4 is 43.5 Å². The number of halogens is 1. The van der Waals surface area contributed by atoms with Gasteiger partial charge in [-0.1, -0.05) is 59.6 Å². The Kier molecular flexibility index (Phi) is 10.6. The van der Waals surface area contributed by atoms with Crippen LogP contribution in [-0.4, -0.2) is 57.1 Å². The second-order valence-electron chi connectivity index (χ2n) is 8.35. The Bertz CT molecular complexity index is 1080. The molecule has 2 amide bonds. The zero-order chi connectivity index (χ0) is 25.3. The first-order chi connectivity index (χ1) is 16.0. The Hall–Kier alpha value is -2.39. The molecule has 9 heteroatoms. The van der Waals surface area contributed by atoms with E-state index >= 15 is 0 Å². The molecule has 7 nitrogen and oxygen atoms in total. The van der Waals surface area contributed by atoms with Gasteiger partial charge in [0.1, 0.15) is 12.6 Å². The lowest BCUT2D eigenvalue weighted by Gasteiger charge is -2.31. The maximum Gasteiger partial charge on any atom is 0.244 e. The summed E-state index contributed by atoms with van der Waals surface area (Å²) in [6, 6.07) is 14.1. The third-order valence-electron chi connectivity index (χ3n) is 5.59. The molecule has 1 N–H and O–H groups in total. The number of aryl methyl sites for hydroxylation is 1. The van der Waals surface area contributed by atoms with Crippen LogP contribution >= 0.6 is 15.9 Å². The quantitative estimate of drug-likeness (QED) is 0.405. The van der Waals surface area contributed by atoms with Crippen LogP contribution in [0.4, 0.5) is 5.69 Å². The van der Waals surface area contributed by atoms with Crippen molar-refractivity contribution in [3.8, 4) is 0 Å². The third-order valence-corrected chi connectivity index (χ3v) is 7.62. The van der Waals surface area contributed by atoms with Crippen LogP contribution in [0.1, 0.15) is 37.8 Å². The SMILES string of the molecule is CCCCNC(=O)[C@H](C)N(CCc1ccccc1)C(=O)CN(c1ccc(Br)c(C)c1)S(C)(=O)=O. The minimum absolute atomic E-state index is 0.250. The summed E-state index contributed by atoms with van der Waals surface area (Å²) in [5.41, 5.74) is 2.28. The highest BCUT2D eigenvalue weighted by Gasteiger charge is 2.29. The number of benzene rings is 2. The van der Waals surface area contributed by atoms with E-state index < -0.39 is 22.0 Å². The highest BCUT2D eigenvalue weighted by Crippen LogP contribution is 2.25. The number of amides is 2. The number of rotatable bonds is 12. The minimum Gasteiger partial charge on any atom is -0.354 e. The standard InChI is InChI=1S/C25H34BrN3O4S/c1-5-6-15-27-25(31)20(3)28(16-14-21-10-8-7-9-11-21)24(30)18-29(34(4,32)33)22-12-13-23(26)19(2)17-22/h7-13,17,20H,5-6,14-16,18H2,1-4H3,(H,27,31)/t20-/m0/s1. The van der Waals surface area contributed by atoms with Crippen molar-refractivity contribution < 1.29 is 18.0 Å². The lowest BCUT2D eigenvalue weighted by molar-refractivity contribution is -0.138. The van der Waals surface area contributed by atoms with Crippen LogP contribution in [0.3, 0.4) is 0 Å². The molecule has 0 aliphatic carbocycles. The first-order valence-electron chi connectivity index (χ1n) is 11.4. The van der Waals surface area contributed by atoms with Crippen molar-refractivity contribution in [2.24, 2.45) is 0 Å². The number of unbranched alkanes of at least 4 members (excludes halogenated alkanes) is 1. The molecule has 0 fully saturated rings. The van der Waals surface area contributed by atoms with E-state index in [9.17, 15) is 18.0 Å². The minimum atomic E-state index is -3.74. The number of carbonyl (C=O) groups is 2. The van der Waals surface area contributed by atoms with E-state index in [2.05, 4.69) is 21.2 Å². The number of hydrogen-bond donors (Lipinski definition) is 1. The molecule has 0 bridgehead atoms. The molecule has 0 aliphatic rings. The Balaban J connectivity index is 2.29. The fraction of sp³-hybridized carbons (Fsp3) is 0.440. The van der Waals surface area contributed by atoms with Crippen LogP contribution in [-0.2, 0) is 26.0 Å². The summed E-state index contributed by atoms with van der Waals surface area (Å²) in [5.74, 6) is -0.680. The Labute approximate surface area is 211 Å². The summed E-state index contributed by atoms with van der Waals surface area (Å²) in [6.07, 6.45) is 3.42. The fourth-order valence-electron chi connectivity index (χ4n) is 3.50. The molecular weight excluding hydrogens is 518 g/mol. The van der Waals surface area contributed by atoms with Crippen LogP contribution in [0.5, 0.6) is 0 Å². The molecule has 2 aromatic carbocycles. The van der Waals surface area contributed by atoms with Gasteiger partial charge in [-0.15, -0.1) is 0 Å². The summed E-state index contributed by atoms with van der Waals surface area (Å²) in [7, 11) is -3.74. The maximum absolute atomic E-state index is 13.5. The predicted octanol–water partition coefficient (Wildman–Crippen LogP) is 3.90. The van der Waals surface area contributed by atoms with E-state index in [4.69, 9.17) is 0 Å². The molecule has 1 atom stereocenters. The van der Waals surface area contributed by atoms with E-state index in [1.807, 2.05) is 44.2 Å². The van der Waals surface area contributed by atoms with Gasteiger partial charge in [0.15, 0.2) is 0 Å². The first kappa shape index (κ1) is 27.9. The zero-order valence-corrected chi connectivity index (χ0v) is 22.7. The van der Waals surface area contributed by atoms with Crippen molar-refractivity contribution in [1.82, 2.24) is 10.2 Å². The number of carbonyl (C=O) groups excluding carboxylic acids is 2. The third kappa shape index (κ3) is 8.13. The molecule has 0 saturated heterocycles. The van der Waals surface area contributed by atoms with E-state index in [0.717, 1.165) is 39.0 Å². The van der Waals surface area contributed by atoms with Crippen molar-refractivity contribution in [2.45, 2.75) is 46.1 Å². The van der Waals surface area contributed by atoms with Gasteiger partial charge >= 0.3 is 0 Å². The molecule has 0 unspecified atom stereocenters. The van der Waals surface area contributed by atoms with Gasteiger partial charge in [0.2, 0.25) is 21.8 Å². The number of sulfonamides is 1. The van der Waals surface area contributed by atoms with Crippen molar-refractivity contribution in [1.29, 1.82) is 0 Å². The van der Waals surface area contributed by atoms with Crippen LogP contribution in [0, 0.1) is 6.92 Å². The predicted molar refractivity (Wildman–Crippen MR) is 140 cm³/mol. The summed E-state index contributed by atoms with van der Waals surface area (Å²) < 4.78 is 27.2. The van der Waals surface area contributed by atoms with Gasteiger partial charge in [0.25, 0.3) is 0 Å². The second-order valence-corrected chi connectivity index (χ2v) is 11.1. The summed E-state index contributed by atoms with van der Waals surface area (Å²) in [6.45, 7) is 6.01. The average molecular weight is 553 g/mol. The lowest BCUT2D eigenvalue weighted by atomic mass is 10.1. The van der Waals surface area contributed by atoms with Gasteiger partial charge in [0.05, 0.1) is 11.9 Å². The molecule has 186 valence electrons. The smallest absolute Gasteiger partial charge is 0.244 e. The number of nitrogens with zero attached hydrogens (tertiary/aromatic N) is 2. The normalized spacial score (nSPS) is 12.1. The summed E-state index contributed by atoms with van der Waals surface area (Å²) in [4.78, 5) is 27.7. The van der Waals surface area contributed by atoms with E-state index in [0.29, 0.717) is 25.2 Å². The van der Waals surface area contributed by atoms with E-state index in [1.165, 1.54) is 4.90 Å². The number of nitrogens with one attached hydrogen (secondary N) is 1. The van der Waals surface area contributed by atoms with Gasteiger partial charge in [-0.25, -0.2) is 8.42 Å². The monoisotopic (exact) mass is 551 g/mol. The highest BCUT2D eigenvalue weighted by atomic mass is 79.9. The van der Waals surface area contributed by atoms with Crippen LogP contribution in [0.25, 0.3) is 0 Å². The van der Waals surface area contributed by atoms with Crippen molar-refractivity contribution in [3.05, 3.63) is 64.1 Å². The van der Waals surface area contributed by atoms with Crippen LogP contribution in [0.2, 0.25) is 0 Å². The van der Waals surface area contributed by atoms with Gasteiger partial charge in [-0.05, 0) is 56.0 Å². The number of anilines is 1. The molecule has 34 heavy (non-hydrogen) atoms. The van der Waals surface area contributed by atoms with E-state index in [1.54, 1.807) is 25.1 Å². The van der Waals surface area contributed by atoms with Crippen molar-refractivity contribution in [2.75, 3.05) is 30.2 Å². The lowest BCUT2D eigenvalue weighted by Crippen LogP contribution is -2.52. The second kappa shape index (κ2) is 12.9. The van der Waals surface area contributed by atoms with E-state index in [-0.39, 0.29) is 12.5 Å². The van der Waals surface area contributed by atoms with Gasteiger partial charge in [0, 0.05) is 17.6 Å². The molecular formula is C25H34BrN3O4S. The topological polar surface area (TPSA) is 86.8 Å². The van der Waals surface area contributed by atoms with Gasteiger partial charge in [-0.2, -0.15) is 0 Å². The molecule has 0 aromatic heterocycles. The average Bonchev–Trinajstić information content (AvgIpc) is 2.79. The Morgan fingerprint density at radius 1 is 1.12 bits per heavy atom. The molecule has 0 saturated carbocycles. The molecule has 0 radical (unpaired) electrons. The summed E-state index contributed by atoms with van der Waals surface area (Å²) >= 11 is 3.42. The molecule has 2 rings (SSSR count). The Morgan fingerprint density at radius 2 is 1.79 bits per heavy atom. The summed E-state index contributed by atoms with van der Waals surface area (Å²) in [5, 5.41) is 2.88. The van der Waals surface area contributed by atoms with Crippen LogP contribution in [0.15, 0.2) is 53.0 Å². The molecule has 0 aliphatic heterocycles. The number of hydrogen-bond acceptors (Lipinski definition) is 4. The van der Waals surface area contributed by atoms with Gasteiger partial charge in [-0.3, -0.25) is 13.9 Å². The molecule has 0 heterocycles. The fourth-order valence-corrected chi connectivity index (χ4v) is 4.59. The van der Waals surface area contributed by atoms with Crippen molar-refractivity contribution in [3.63, 3.8) is 0 Å². The molecule has 0 spiro atoms. The van der Waals surface area contributed by atoms with Gasteiger partial charge < -0.3 is 10.2 Å². The highest BCUT2D eigenvalue weighted by molar-refractivity contribution is 9.10. The maximum atomic E-state index is 13.5. The zero-order valence-electron chi connectivity index (χ0n) is 20.3. The first-order valence-corrected chi connectivity index (χ1v) is 14.0. The molecule has 2 aromatic rings. The Morgan fingerprint density at radius 3 is 2.38 bits per heavy atom.